The van der Waals surface area contributed by atoms with Crippen LogP contribution in [0.15, 0.2) is 41.5 Å². The van der Waals surface area contributed by atoms with Crippen molar-refractivity contribution in [1.29, 1.82) is 0 Å². The number of benzene rings is 1. The van der Waals surface area contributed by atoms with Crippen LogP contribution < -0.4 is 31.1 Å². The molecule has 13 nitrogen and oxygen atoms in total. The normalized spacial score (nSPS) is 15.0. The standard InChI is InChI=1S/C25H27Br2N9O4/c1-34-18-3-2-16(8-15(18)9-19(24(34)39)40-7-5-28-22(37)11-26)31-21-10-20(33-25-29-14-30-36(21)25)35-6-4-17(13-35)32-23(38)12-27/h2-3,8-10,14,17,31H,4-7,11-13H2,1H3,(H,28,37)(H,32,38). The number of nitrogens with one attached hydrogen (secondary N) is 3. The highest BCUT2D eigenvalue weighted by atomic mass is 79.9. The third kappa shape index (κ3) is 6.04. The number of hydrogen-bond donors (Lipinski definition) is 3. The molecule has 40 heavy (non-hydrogen) atoms. The molecule has 1 unspecified atom stereocenters. The Balaban J connectivity index is 1.38. The zero-order valence-corrected chi connectivity index (χ0v) is 24.7. The number of aromatic nitrogens is 5. The monoisotopic (exact) mass is 675 g/mol. The zero-order chi connectivity index (χ0) is 28.2. The molecular formula is C25H27Br2N9O4. The van der Waals surface area contributed by atoms with Crippen LogP contribution in [0.25, 0.3) is 16.7 Å². The summed E-state index contributed by atoms with van der Waals surface area (Å²) in [6, 6.07) is 9.29. The number of carbonyl (C=O) groups is 2. The molecule has 0 aliphatic carbocycles. The number of halogens is 2. The van der Waals surface area contributed by atoms with Gasteiger partial charge in [-0.05, 0) is 30.7 Å². The fourth-order valence-electron chi connectivity index (χ4n) is 4.58. The quantitative estimate of drug-likeness (QED) is 0.169. The number of pyridine rings is 1. The van der Waals surface area contributed by atoms with Gasteiger partial charge in [0.2, 0.25) is 11.8 Å². The van der Waals surface area contributed by atoms with E-state index in [4.69, 9.17) is 4.74 Å². The predicted molar refractivity (Wildman–Crippen MR) is 158 cm³/mol. The molecule has 1 aromatic carbocycles. The number of hydrogen-bond acceptors (Lipinski definition) is 9. The second-order valence-corrected chi connectivity index (χ2v) is 10.3. The van der Waals surface area contributed by atoms with Crippen LogP contribution in [0.3, 0.4) is 0 Å². The Kier molecular flexibility index (Phi) is 8.49. The van der Waals surface area contributed by atoms with E-state index in [-0.39, 0.29) is 53.0 Å². The third-order valence-corrected chi connectivity index (χ3v) is 7.52. The molecule has 4 aromatic rings. The molecule has 0 spiro atoms. The Hall–Kier alpha value is -3.72. The van der Waals surface area contributed by atoms with Gasteiger partial charge >= 0.3 is 0 Å². The molecule has 2 amide bonds. The molecule has 210 valence electrons. The number of fused-ring (bicyclic) bond motifs is 2. The van der Waals surface area contributed by atoms with E-state index in [1.807, 2.05) is 24.3 Å². The van der Waals surface area contributed by atoms with E-state index in [9.17, 15) is 14.4 Å². The van der Waals surface area contributed by atoms with Gasteiger partial charge < -0.3 is 30.2 Å². The average molecular weight is 677 g/mol. The second-order valence-electron chi connectivity index (χ2n) is 9.21. The van der Waals surface area contributed by atoms with Gasteiger partial charge in [0.25, 0.3) is 11.3 Å². The van der Waals surface area contributed by atoms with Crippen LogP contribution >= 0.6 is 31.9 Å². The van der Waals surface area contributed by atoms with Crippen molar-refractivity contribution in [2.75, 3.05) is 47.1 Å². The lowest BCUT2D eigenvalue weighted by Gasteiger charge is -2.19. The van der Waals surface area contributed by atoms with Gasteiger partial charge in [-0.15, -0.1) is 0 Å². The molecule has 4 heterocycles. The van der Waals surface area contributed by atoms with E-state index < -0.39 is 0 Å². The molecule has 1 aliphatic heterocycles. The first-order valence-corrected chi connectivity index (χ1v) is 14.8. The minimum Gasteiger partial charge on any atom is -0.486 e. The molecule has 0 radical (unpaired) electrons. The van der Waals surface area contributed by atoms with Crippen LogP contribution in [0.1, 0.15) is 6.42 Å². The molecule has 3 aromatic heterocycles. The van der Waals surface area contributed by atoms with Crippen LogP contribution in [-0.2, 0) is 16.6 Å². The Bertz CT molecular complexity index is 1620. The number of nitrogens with zero attached hydrogens (tertiary/aromatic N) is 6. The summed E-state index contributed by atoms with van der Waals surface area (Å²) in [6.07, 6.45) is 2.26. The van der Waals surface area contributed by atoms with Crippen LogP contribution in [0.2, 0.25) is 0 Å². The molecular weight excluding hydrogens is 650 g/mol. The smallest absolute Gasteiger partial charge is 0.293 e. The maximum absolute atomic E-state index is 12.8. The Labute approximate surface area is 245 Å². The minimum absolute atomic E-state index is 0.0427. The number of rotatable bonds is 10. The highest BCUT2D eigenvalue weighted by Gasteiger charge is 2.25. The largest absolute Gasteiger partial charge is 0.486 e. The van der Waals surface area contributed by atoms with E-state index in [1.165, 1.54) is 10.9 Å². The first-order valence-electron chi connectivity index (χ1n) is 12.5. The Morgan fingerprint density at radius 3 is 2.77 bits per heavy atom. The van der Waals surface area contributed by atoms with E-state index in [0.717, 1.165) is 35.4 Å². The van der Waals surface area contributed by atoms with Crippen molar-refractivity contribution in [3.8, 4) is 5.75 Å². The van der Waals surface area contributed by atoms with Crippen LogP contribution in [0.5, 0.6) is 5.75 Å². The molecule has 5 rings (SSSR count). The van der Waals surface area contributed by atoms with Crippen molar-refractivity contribution in [1.82, 2.24) is 34.8 Å². The average Bonchev–Trinajstić information content (AvgIpc) is 3.63. The molecule has 1 saturated heterocycles. The van der Waals surface area contributed by atoms with Crippen molar-refractivity contribution >= 4 is 77.7 Å². The first-order chi connectivity index (χ1) is 19.4. The van der Waals surface area contributed by atoms with Crippen molar-refractivity contribution < 1.29 is 14.3 Å². The highest BCUT2D eigenvalue weighted by molar-refractivity contribution is 9.09. The fraction of sp³-hybridized carbons (Fsp3) is 0.360. The maximum Gasteiger partial charge on any atom is 0.293 e. The molecule has 0 saturated carbocycles. The topological polar surface area (TPSA) is 148 Å². The van der Waals surface area contributed by atoms with Gasteiger partial charge in [0.15, 0.2) is 5.75 Å². The summed E-state index contributed by atoms with van der Waals surface area (Å²) in [5.41, 5.74) is 1.24. The number of aryl methyl sites for hydroxylation is 1. The summed E-state index contributed by atoms with van der Waals surface area (Å²) >= 11 is 6.28. The molecule has 1 aliphatic rings. The summed E-state index contributed by atoms with van der Waals surface area (Å²) < 4.78 is 8.84. The lowest BCUT2D eigenvalue weighted by molar-refractivity contribution is -0.119. The van der Waals surface area contributed by atoms with Gasteiger partial charge in [-0.2, -0.15) is 19.6 Å². The van der Waals surface area contributed by atoms with Crippen molar-refractivity contribution in [2.24, 2.45) is 7.05 Å². The van der Waals surface area contributed by atoms with E-state index >= 15 is 0 Å². The molecule has 15 heteroatoms. The number of ether oxygens (including phenoxy) is 1. The van der Waals surface area contributed by atoms with Gasteiger partial charge in [0.05, 0.1) is 22.7 Å². The minimum atomic E-state index is -0.264. The Morgan fingerprint density at radius 2 is 1.98 bits per heavy atom. The highest BCUT2D eigenvalue weighted by Crippen LogP contribution is 2.27. The summed E-state index contributed by atoms with van der Waals surface area (Å²) in [7, 11) is 1.69. The van der Waals surface area contributed by atoms with Gasteiger partial charge in [-0.25, -0.2) is 0 Å². The first kappa shape index (κ1) is 27.8. The predicted octanol–water partition coefficient (Wildman–Crippen LogP) is 1.70. The fourth-order valence-corrected chi connectivity index (χ4v) is 4.94. The van der Waals surface area contributed by atoms with Crippen molar-refractivity contribution in [3.05, 3.63) is 47.0 Å². The summed E-state index contributed by atoms with van der Waals surface area (Å²) in [6.45, 7) is 1.84. The summed E-state index contributed by atoms with van der Waals surface area (Å²) in [4.78, 5) is 47.1. The number of carbonyl (C=O) groups excluding carboxylic acids is 2. The van der Waals surface area contributed by atoms with Gasteiger partial charge in [-0.1, -0.05) is 31.9 Å². The van der Waals surface area contributed by atoms with Crippen LogP contribution in [0.4, 0.5) is 17.3 Å². The van der Waals surface area contributed by atoms with Crippen molar-refractivity contribution in [3.63, 3.8) is 0 Å². The van der Waals surface area contributed by atoms with E-state index in [0.29, 0.717) is 18.1 Å². The zero-order valence-electron chi connectivity index (χ0n) is 21.6. The number of amides is 2. The molecule has 0 bridgehead atoms. The van der Waals surface area contributed by atoms with E-state index in [2.05, 4.69) is 67.8 Å². The molecule has 1 atom stereocenters. The molecule has 1 fully saturated rings. The van der Waals surface area contributed by atoms with Crippen LogP contribution in [-0.4, -0.2) is 78.9 Å². The van der Waals surface area contributed by atoms with Crippen LogP contribution in [0, 0.1) is 0 Å². The van der Waals surface area contributed by atoms with Gasteiger partial charge in [0.1, 0.15) is 24.6 Å². The number of anilines is 3. The number of alkyl halides is 2. The van der Waals surface area contributed by atoms with Crippen molar-refractivity contribution in [2.45, 2.75) is 12.5 Å². The Morgan fingerprint density at radius 1 is 1.15 bits per heavy atom. The third-order valence-electron chi connectivity index (χ3n) is 6.50. The lowest BCUT2D eigenvalue weighted by atomic mass is 10.2. The second kappa shape index (κ2) is 12.2. The van der Waals surface area contributed by atoms with Gasteiger partial charge in [0, 0.05) is 43.3 Å². The summed E-state index contributed by atoms with van der Waals surface area (Å²) in [5, 5.41) is 14.7. The summed E-state index contributed by atoms with van der Waals surface area (Å²) in [5.74, 6) is 1.83. The van der Waals surface area contributed by atoms with Gasteiger partial charge in [-0.3, -0.25) is 14.4 Å². The lowest BCUT2D eigenvalue weighted by Crippen LogP contribution is -2.37. The van der Waals surface area contributed by atoms with E-state index in [1.54, 1.807) is 17.6 Å². The SMILES string of the molecule is Cn1c(=O)c(OCCNC(=O)CBr)cc2cc(Nc3cc(N4CCC(NC(=O)CBr)C4)nc4ncnn34)ccc21. The molecule has 3 N–H and O–H groups in total. The maximum atomic E-state index is 12.8.